The van der Waals surface area contributed by atoms with Crippen LogP contribution < -0.4 is 5.32 Å². The highest BCUT2D eigenvalue weighted by atomic mass is 16.3. The fourth-order valence-corrected chi connectivity index (χ4v) is 3.82. The van der Waals surface area contributed by atoms with Crippen molar-refractivity contribution in [2.75, 3.05) is 19.6 Å². The van der Waals surface area contributed by atoms with Crippen LogP contribution in [0.3, 0.4) is 0 Å². The van der Waals surface area contributed by atoms with E-state index in [2.05, 4.69) is 52.5 Å². The molecule has 2 fully saturated rings. The van der Waals surface area contributed by atoms with E-state index in [9.17, 15) is 0 Å². The molecular formula is C20H27N3O. The van der Waals surface area contributed by atoms with Crippen molar-refractivity contribution < 1.29 is 4.42 Å². The third-order valence-electron chi connectivity index (χ3n) is 5.35. The molecule has 1 saturated heterocycles. The van der Waals surface area contributed by atoms with Gasteiger partial charge in [-0.05, 0) is 36.8 Å². The van der Waals surface area contributed by atoms with Crippen LogP contribution in [-0.4, -0.2) is 29.5 Å². The standard InChI is InChI=1S/C20H27N3O/c1-20(9-10-23(14-20)12-16-5-3-2-4-6-16)13-21-11-18-19(17-7-8-17)24-15-22-18/h2-6,15,17,21H,7-14H2,1H3. The zero-order valence-corrected chi connectivity index (χ0v) is 14.5. The fourth-order valence-electron chi connectivity index (χ4n) is 3.82. The van der Waals surface area contributed by atoms with Crippen LogP contribution >= 0.6 is 0 Å². The molecule has 4 rings (SSSR count). The lowest BCUT2D eigenvalue weighted by molar-refractivity contribution is 0.261. The molecule has 0 bridgehead atoms. The Kier molecular flexibility index (Phi) is 4.42. The quantitative estimate of drug-likeness (QED) is 0.845. The Morgan fingerprint density at radius 3 is 2.92 bits per heavy atom. The van der Waals surface area contributed by atoms with Crippen LogP contribution in [0.5, 0.6) is 0 Å². The normalized spacial score (nSPS) is 24.5. The summed E-state index contributed by atoms with van der Waals surface area (Å²) in [7, 11) is 0. The summed E-state index contributed by atoms with van der Waals surface area (Å²) in [6.07, 6.45) is 5.37. The molecule has 1 N–H and O–H groups in total. The van der Waals surface area contributed by atoms with Crippen molar-refractivity contribution in [2.45, 2.75) is 45.2 Å². The molecular weight excluding hydrogens is 298 g/mol. The van der Waals surface area contributed by atoms with Crippen molar-refractivity contribution in [1.29, 1.82) is 0 Å². The van der Waals surface area contributed by atoms with Gasteiger partial charge in [0.25, 0.3) is 0 Å². The van der Waals surface area contributed by atoms with Gasteiger partial charge >= 0.3 is 0 Å². The molecule has 2 aromatic rings. The summed E-state index contributed by atoms with van der Waals surface area (Å²) in [5.74, 6) is 1.75. The number of oxazole rings is 1. The molecule has 0 amide bonds. The van der Waals surface area contributed by atoms with Gasteiger partial charge < -0.3 is 9.73 Å². The lowest BCUT2D eigenvalue weighted by atomic mass is 9.90. The summed E-state index contributed by atoms with van der Waals surface area (Å²) in [5, 5.41) is 3.63. The van der Waals surface area contributed by atoms with E-state index in [4.69, 9.17) is 4.42 Å². The van der Waals surface area contributed by atoms with E-state index in [-0.39, 0.29) is 0 Å². The summed E-state index contributed by atoms with van der Waals surface area (Å²) in [5.41, 5.74) is 2.87. The van der Waals surface area contributed by atoms with Crippen LogP contribution in [0.15, 0.2) is 41.1 Å². The second-order valence-corrected chi connectivity index (χ2v) is 7.80. The van der Waals surface area contributed by atoms with E-state index in [1.54, 1.807) is 6.39 Å². The Labute approximate surface area is 144 Å². The molecule has 2 heterocycles. The maximum absolute atomic E-state index is 5.56. The lowest BCUT2D eigenvalue weighted by Crippen LogP contribution is -2.34. The molecule has 1 aromatic heterocycles. The molecule has 2 aliphatic rings. The summed E-state index contributed by atoms with van der Waals surface area (Å²) >= 11 is 0. The van der Waals surface area contributed by atoms with E-state index in [1.165, 1.54) is 31.4 Å². The molecule has 4 heteroatoms. The van der Waals surface area contributed by atoms with Gasteiger partial charge in [0.1, 0.15) is 5.76 Å². The highest BCUT2D eigenvalue weighted by Gasteiger charge is 2.34. The van der Waals surface area contributed by atoms with Crippen LogP contribution in [-0.2, 0) is 13.1 Å². The topological polar surface area (TPSA) is 41.3 Å². The maximum Gasteiger partial charge on any atom is 0.181 e. The minimum Gasteiger partial charge on any atom is -0.448 e. The number of aromatic nitrogens is 1. The predicted molar refractivity (Wildman–Crippen MR) is 94.6 cm³/mol. The second-order valence-electron chi connectivity index (χ2n) is 7.80. The highest BCUT2D eigenvalue weighted by Crippen LogP contribution is 2.41. The Bertz CT molecular complexity index is 665. The van der Waals surface area contributed by atoms with Crippen molar-refractivity contribution in [3.05, 3.63) is 53.7 Å². The third-order valence-corrected chi connectivity index (χ3v) is 5.35. The van der Waals surface area contributed by atoms with Gasteiger partial charge in [-0.25, -0.2) is 4.98 Å². The molecule has 1 aromatic carbocycles. The van der Waals surface area contributed by atoms with Gasteiger partial charge in [-0.15, -0.1) is 0 Å². The minimum atomic E-state index is 0.345. The number of likely N-dealkylation sites (tertiary alicyclic amines) is 1. The zero-order chi connectivity index (χ0) is 16.4. The van der Waals surface area contributed by atoms with Gasteiger partial charge in [0.2, 0.25) is 0 Å². The molecule has 1 atom stereocenters. The van der Waals surface area contributed by atoms with Crippen LogP contribution in [0.4, 0.5) is 0 Å². The highest BCUT2D eigenvalue weighted by molar-refractivity contribution is 5.17. The van der Waals surface area contributed by atoms with Gasteiger partial charge in [-0.2, -0.15) is 0 Å². The minimum absolute atomic E-state index is 0.345. The first kappa shape index (κ1) is 15.9. The third kappa shape index (κ3) is 3.70. The number of nitrogens with zero attached hydrogens (tertiary/aromatic N) is 2. The second kappa shape index (κ2) is 6.69. The monoisotopic (exact) mass is 325 g/mol. The SMILES string of the molecule is CC1(CNCc2ncoc2C2CC2)CCN(Cc2ccccc2)C1. The number of rotatable bonds is 7. The molecule has 1 saturated carbocycles. The molecule has 0 radical (unpaired) electrons. The predicted octanol–water partition coefficient (Wildman–Crippen LogP) is 3.55. The summed E-state index contributed by atoms with van der Waals surface area (Å²) < 4.78 is 5.56. The summed E-state index contributed by atoms with van der Waals surface area (Å²) in [6.45, 7) is 7.67. The fraction of sp³-hybridized carbons (Fsp3) is 0.550. The molecule has 24 heavy (non-hydrogen) atoms. The number of benzene rings is 1. The van der Waals surface area contributed by atoms with Gasteiger partial charge in [0.05, 0.1) is 5.69 Å². The molecule has 0 spiro atoms. The van der Waals surface area contributed by atoms with Gasteiger partial charge in [-0.3, -0.25) is 4.90 Å². The molecule has 4 nitrogen and oxygen atoms in total. The van der Waals surface area contributed by atoms with E-state index in [1.807, 2.05) is 0 Å². The molecule has 1 aliphatic carbocycles. The lowest BCUT2D eigenvalue weighted by Gasteiger charge is -2.25. The first-order valence-electron chi connectivity index (χ1n) is 9.11. The Hall–Kier alpha value is -1.65. The van der Waals surface area contributed by atoms with E-state index >= 15 is 0 Å². The first-order valence-corrected chi connectivity index (χ1v) is 9.11. The Morgan fingerprint density at radius 1 is 1.29 bits per heavy atom. The van der Waals surface area contributed by atoms with Crippen molar-refractivity contribution in [3.63, 3.8) is 0 Å². The number of hydrogen-bond donors (Lipinski definition) is 1. The van der Waals surface area contributed by atoms with E-state index < -0.39 is 0 Å². The zero-order valence-electron chi connectivity index (χ0n) is 14.5. The van der Waals surface area contributed by atoms with Crippen molar-refractivity contribution in [2.24, 2.45) is 5.41 Å². The average Bonchev–Trinajstić information content (AvgIpc) is 3.22. The largest absolute Gasteiger partial charge is 0.448 e. The molecule has 1 unspecified atom stereocenters. The number of nitrogens with one attached hydrogen (secondary N) is 1. The smallest absolute Gasteiger partial charge is 0.181 e. The van der Waals surface area contributed by atoms with E-state index in [0.717, 1.165) is 37.6 Å². The summed E-state index contributed by atoms with van der Waals surface area (Å²) in [4.78, 5) is 6.97. The Morgan fingerprint density at radius 2 is 2.12 bits per heavy atom. The molecule has 1 aliphatic heterocycles. The van der Waals surface area contributed by atoms with Gasteiger partial charge in [0, 0.05) is 32.1 Å². The van der Waals surface area contributed by atoms with Gasteiger partial charge in [0.15, 0.2) is 6.39 Å². The van der Waals surface area contributed by atoms with Crippen LogP contribution in [0.25, 0.3) is 0 Å². The van der Waals surface area contributed by atoms with Crippen LogP contribution in [0, 0.1) is 5.41 Å². The maximum atomic E-state index is 5.56. The Balaban J connectivity index is 1.26. The average molecular weight is 325 g/mol. The molecule has 128 valence electrons. The van der Waals surface area contributed by atoms with Crippen molar-refractivity contribution in [1.82, 2.24) is 15.2 Å². The van der Waals surface area contributed by atoms with Crippen LogP contribution in [0.2, 0.25) is 0 Å². The first-order chi connectivity index (χ1) is 11.7. The van der Waals surface area contributed by atoms with Crippen molar-refractivity contribution >= 4 is 0 Å². The summed E-state index contributed by atoms with van der Waals surface area (Å²) in [6, 6.07) is 10.8. The van der Waals surface area contributed by atoms with Gasteiger partial charge in [-0.1, -0.05) is 37.3 Å². The van der Waals surface area contributed by atoms with Crippen LogP contribution in [0.1, 0.15) is 49.1 Å². The van der Waals surface area contributed by atoms with Crippen molar-refractivity contribution in [3.8, 4) is 0 Å². The van der Waals surface area contributed by atoms with E-state index in [0.29, 0.717) is 11.3 Å². The number of hydrogen-bond acceptors (Lipinski definition) is 4.